The van der Waals surface area contributed by atoms with Gasteiger partial charge in [0.1, 0.15) is 5.52 Å². The first-order valence-corrected chi connectivity index (χ1v) is 9.04. The molecule has 1 amide bonds. The highest BCUT2D eigenvalue weighted by Gasteiger charge is 2.28. The van der Waals surface area contributed by atoms with Gasteiger partial charge in [-0.1, -0.05) is 12.1 Å². The Morgan fingerprint density at radius 3 is 2.68 bits per heavy atom. The van der Waals surface area contributed by atoms with Gasteiger partial charge in [-0.2, -0.15) is 0 Å². The molecule has 0 bridgehead atoms. The first-order valence-electron chi connectivity index (χ1n) is 9.04. The van der Waals surface area contributed by atoms with Crippen LogP contribution in [0.2, 0.25) is 0 Å². The average Bonchev–Trinajstić information content (AvgIpc) is 3.17. The molecule has 0 unspecified atom stereocenters. The van der Waals surface area contributed by atoms with Gasteiger partial charge in [-0.3, -0.25) is 14.9 Å². The van der Waals surface area contributed by atoms with Crippen molar-refractivity contribution in [3.8, 4) is 5.75 Å². The topological polar surface area (TPSA) is 98.7 Å². The summed E-state index contributed by atoms with van der Waals surface area (Å²) in [5.74, 6) is 0.771. The number of para-hydroxylation sites is 2. The van der Waals surface area contributed by atoms with Crippen molar-refractivity contribution in [2.75, 3.05) is 20.2 Å². The molecular formula is C20H19N3O5. The van der Waals surface area contributed by atoms with Gasteiger partial charge < -0.3 is 14.1 Å². The normalized spacial score (nSPS) is 15.0. The second kappa shape index (κ2) is 7.30. The van der Waals surface area contributed by atoms with E-state index in [0.717, 1.165) is 23.9 Å². The Kier molecular flexibility index (Phi) is 4.68. The van der Waals surface area contributed by atoms with Crippen LogP contribution >= 0.6 is 0 Å². The number of nitrogens with zero attached hydrogens (tertiary/aromatic N) is 3. The molecule has 4 rings (SSSR count). The standard InChI is InChI=1S/C20H19N3O5/c1-27-18-7-6-14(12-16(18)23(25)26)20(24)22-10-8-13(9-11-22)19-21-15-4-2-3-5-17(15)28-19/h2-7,12-13H,8-11H2,1H3. The minimum absolute atomic E-state index is 0.135. The lowest BCUT2D eigenvalue weighted by atomic mass is 9.96. The van der Waals surface area contributed by atoms with Gasteiger partial charge >= 0.3 is 5.69 Å². The molecule has 0 N–H and O–H groups in total. The van der Waals surface area contributed by atoms with Crippen LogP contribution in [-0.4, -0.2) is 40.9 Å². The number of ether oxygens (including phenoxy) is 1. The number of benzene rings is 2. The van der Waals surface area contributed by atoms with Crippen LogP contribution < -0.4 is 4.74 Å². The molecule has 0 aliphatic carbocycles. The fourth-order valence-electron chi connectivity index (χ4n) is 3.54. The van der Waals surface area contributed by atoms with E-state index in [4.69, 9.17) is 9.15 Å². The van der Waals surface area contributed by atoms with E-state index in [1.54, 1.807) is 11.0 Å². The average molecular weight is 381 g/mol. The van der Waals surface area contributed by atoms with Crippen LogP contribution in [0.5, 0.6) is 5.75 Å². The van der Waals surface area contributed by atoms with Crippen LogP contribution in [0.4, 0.5) is 5.69 Å². The second-order valence-electron chi connectivity index (χ2n) is 6.73. The van der Waals surface area contributed by atoms with E-state index >= 15 is 0 Å². The van der Waals surface area contributed by atoms with E-state index in [1.807, 2.05) is 24.3 Å². The number of oxazole rings is 1. The number of nitro groups is 1. The smallest absolute Gasteiger partial charge is 0.311 e. The number of piperidine rings is 1. The zero-order valence-corrected chi connectivity index (χ0v) is 15.3. The van der Waals surface area contributed by atoms with Gasteiger partial charge in [0, 0.05) is 30.6 Å². The third-order valence-electron chi connectivity index (χ3n) is 5.06. The number of nitro benzene ring substituents is 1. The molecule has 2 heterocycles. The zero-order valence-electron chi connectivity index (χ0n) is 15.3. The quantitative estimate of drug-likeness (QED) is 0.504. The summed E-state index contributed by atoms with van der Waals surface area (Å²) in [7, 11) is 1.36. The minimum Gasteiger partial charge on any atom is -0.490 e. The number of hydrogen-bond donors (Lipinski definition) is 0. The van der Waals surface area contributed by atoms with E-state index in [1.165, 1.54) is 19.2 Å². The summed E-state index contributed by atoms with van der Waals surface area (Å²) in [6.07, 6.45) is 1.47. The maximum absolute atomic E-state index is 12.8. The molecule has 1 aliphatic rings. The monoisotopic (exact) mass is 381 g/mol. The van der Waals surface area contributed by atoms with E-state index in [-0.39, 0.29) is 28.8 Å². The zero-order chi connectivity index (χ0) is 19.7. The number of carbonyl (C=O) groups is 1. The van der Waals surface area contributed by atoms with Crippen LogP contribution in [-0.2, 0) is 0 Å². The molecule has 1 aromatic heterocycles. The molecular weight excluding hydrogens is 362 g/mol. The molecule has 2 aromatic carbocycles. The number of aromatic nitrogens is 1. The van der Waals surface area contributed by atoms with Crippen LogP contribution in [0.1, 0.15) is 35.0 Å². The number of fused-ring (bicyclic) bond motifs is 1. The predicted molar refractivity (Wildman–Crippen MR) is 102 cm³/mol. The van der Waals surface area contributed by atoms with Gasteiger partial charge in [0.05, 0.1) is 12.0 Å². The molecule has 3 aromatic rings. The van der Waals surface area contributed by atoms with Crippen molar-refractivity contribution in [1.82, 2.24) is 9.88 Å². The Labute approximate surface area is 160 Å². The summed E-state index contributed by atoms with van der Waals surface area (Å²) < 4.78 is 10.8. The minimum atomic E-state index is -0.547. The lowest BCUT2D eigenvalue weighted by Crippen LogP contribution is -2.38. The summed E-state index contributed by atoms with van der Waals surface area (Å²) in [4.78, 5) is 29.7. The molecule has 28 heavy (non-hydrogen) atoms. The lowest BCUT2D eigenvalue weighted by Gasteiger charge is -2.30. The summed E-state index contributed by atoms with van der Waals surface area (Å²) in [6, 6.07) is 11.9. The van der Waals surface area contributed by atoms with E-state index in [0.29, 0.717) is 19.0 Å². The predicted octanol–water partition coefficient (Wildman–Crippen LogP) is 3.76. The number of methoxy groups -OCH3 is 1. The molecule has 8 nitrogen and oxygen atoms in total. The fraction of sp³-hybridized carbons (Fsp3) is 0.300. The van der Waals surface area contributed by atoms with Crippen molar-refractivity contribution in [1.29, 1.82) is 0 Å². The van der Waals surface area contributed by atoms with Gasteiger partial charge in [0.2, 0.25) is 0 Å². The van der Waals surface area contributed by atoms with Gasteiger partial charge in [-0.15, -0.1) is 0 Å². The molecule has 1 fully saturated rings. The highest BCUT2D eigenvalue weighted by atomic mass is 16.6. The maximum atomic E-state index is 12.8. The summed E-state index contributed by atoms with van der Waals surface area (Å²) >= 11 is 0. The highest BCUT2D eigenvalue weighted by Crippen LogP contribution is 2.32. The van der Waals surface area contributed by atoms with Crippen LogP contribution in [0.25, 0.3) is 11.1 Å². The van der Waals surface area contributed by atoms with Crippen LogP contribution in [0, 0.1) is 10.1 Å². The second-order valence-corrected chi connectivity index (χ2v) is 6.73. The molecule has 1 aliphatic heterocycles. The Hall–Kier alpha value is -3.42. The van der Waals surface area contributed by atoms with E-state index in [9.17, 15) is 14.9 Å². The number of carbonyl (C=O) groups excluding carboxylic acids is 1. The Balaban J connectivity index is 1.46. The Morgan fingerprint density at radius 1 is 1.25 bits per heavy atom. The van der Waals surface area contributed by atoms with Gasteiger partial charge in [0.25, 0.3) is 5.91 Å². The Bertz CT molecular complexity index is 1000. The molecule has 144 valence electrons. The molecule has 1 saturated heterocycles. The molecule has 0 saturated carbocycles. The molecule has 0 atom stereocenters. The van der Waals surface area contributed by atoms with Crippen molar-refractivity contribution in [2.24, 2.45) is 0 Å². The first kappa shape index (κ1) is 18.0. The fourth-order valence-corrected chi connectivity index (χ4v) is 3.54. The number of hydrogen-bond acceptors (Lipinski definition) is 6. The molecule has 0 radical (unpaired) electrons. The van der Waals surface area contributed by atoms with E-state index < -0.39 is 4.92 Å². The summed E-state index contributed by atoms with van der Waals surface area (Å²) in [5, 5.41) is 11.2. The number of rotatable bonds is 4. The Morgan fingerprint density at radius 2 is 2.00 bits per heavy atom. The third kappa shape index (κ3) is 3.28. The number of likely N-dealkylation sites (tertiary alicyclic amines) is 1. The van der Waals surface area contributed by atoms with Crippen molar-refractivity contribution in [3.05, 3.63) is 64.0 Å². The SMILES string of the molecule is COc1ccc(C(=O)N2CCC(c3nc4ccccc4o3)CC2)cc1[N+](=O)[O-]. The first-order chi connectivity index (χ1) is 13.6. The largest absolute Gasteiger partial charge is 0.490 e. The highest BCUT2D eigenvalue weighted by molar-refractivity contribution is 5.95. The summed E-state index contributed by atoms with van der Waals surface area (Å²) in [5.41, 5.74) is 1.67. The third-order valence-corrected chi connectivity index (χ3v) is 5.06. The van der Waals surface area contributed by atoms with Gasteiger partial charge in [-0.05, 0) is 37.1 Å². The summed E-state index contributed by atoms with van der Waals surface area (Å²) in [6.45, 7) is 1.09. The van der Waals surface area contributed by atoms with Gasteiger partial charge in [0.15, 0.2) is 17.2 Å². The van der Waals surface area contributed by atoms with Crippen molar-refractivity contribution >= 4 is 22.7 Å². The van der Waals surface area contributed by atoms with Gasteiger partial charge in [-0.25, -0.2) is 4.98 Å². The van der Waals surface area contributed by atoms with Crippen molar-refractivity contribution < 1.29 is 18.9 Å². The molecule has 8 heteroatoms. The lowest BCUT2D eigenvalue weighted by molar-refractivity contribution is -0.385. The van der Waals surface area contributed by atoms with Crippen LogP contribution in [0.3, 0.4) is 0 Å². The number of amides is 1. The van der Waals surface area contributed by atoms with Crippen molar-refractivity contribution in [3.63, 3.8) is 0 Å². The molecule has 0 spiro atoms. The van der Waals surface area contributed by atoms with Crippen molar-refractivity contribution in [2.45, 2.75) is 18.8 Å². The van der Waals surface area contributed by atoms with Crippen LogP contribution in [0.15, 0.2) is 46.9 Å². The van der Waals surface area contributed by atoms with E-state index in [2.05, 4.69) is 4.98 Å². The maximum Gasteiger partial charge on any atom is 0.311 e.